The number of hydrogen-bond donors (Lipinski definition) is 2. The van der Waals surface area contributed by atoms with Crippen LogP contribution in [0, 0.1) is 0 Å². The summed E-state index contributed by atoms with van der Waals surface area (Å²) in [6.45, 7) is 0.0677. The molecule has 0 aromatic heterocycles. The van der Waals surface area contributed by atoms with Gasteiger partial charge in [0.2, 0.25) is 5.91 Å². The Morgan fingerprint density at radius 1 is 0.569 bits per heavy atom. The third-order valence-corrected chi connectivity index (χ3v) is 9.30. The maximum atomic E-state index is 14.1. The van der Waals surface area contributed by atoms with Crippen LogP contribution in [0.1, 0.15) is 38.5 Å². The Balaban J connectivity index is 1.09. The second-order valence-corrected chi connectivity index (χ2v) is 12.8. The predicted octanol–water partition coefficient (Wildman–Crippen LogP) is 7.87. The van der Waals surface area contributed by atoms with E-state index in [1.165, 1.54) is 0 Å². The Kier molecular flexibility index (Phi) is 10.2. The number of esters is 1. The topological polar surface area (TPSA) is 93.7 Å². The van der Waals surface area contributed by atoms with Crippen LogP contribution < -0.4 is 10.6 Å². The molecule has 0 fully saturated rings. The third-order valence-electron chi connectivity index (χ3n) is 9.30. The molecule has 0 heterocycles. The van der Waals surface area contributed by atoms with Crippen molar-refractivity contribution in [2.24, 2.45) is 0 Å². The first-order chi connectivity index (χ1) is 25.0. The zero-order chi connectivity index (χ0) is 35.0. The minimum Gasteiger partial charge on any atom is -0.460 e. The molecular weight excluding hydrogens is 636 g/mol. The molecule has 51 heavy (non-hydrogen) atoms. The van der Waals surface area contributed by atoms with Gasteiger partial charge in [-0.15, -0.1) is 0 Å². The van der Waals surface area contributed by atoms with E-state index in [4.69, 9.17) is 9.47 Å². The molecule has 2 N–H and O–H groups in total. The number of alkyl carbamates (subject to hydrolysis) is 1. The van der Waals surface area contributed by atoms with Gasteiger partial charge in [-0.1, -0.05) is 140 Å². The SMILES string of the molecule is O=C(N[C@@H](Cc1ccc2ccccc2c1)C(=O)N[C@@H](COC(=O)c1ccccc1)Cc1ccccc1)OCC1c2ccccc2-c2ccccc21. The molecule has 0 spiro atoms. The van der Waals surface area contributed by atoms with Crippen LogP contribution in [0.15, 0.2) is 152 Å². The van der Waals surface area contributed by atoms with Gasteiger partial charge in [-0.05, 0) is 62.7 Å². The lowest BCUT2D eigenvalue weighted by Crippen LogP contribution is -2.52. The number of amides is 2. The van der Waals surface area contributed by atoms with Crippen LogP contribution >= 0.6 is 0 Å². The van der Waals surface area contributed by atoms with Gasteiger partial charge in [0.15, 0.2) is 0 Å². The van der Waals surface area contributed by atoms with E-state index in [2.05, 4.69) is 34.9 Å². The largest absolute Gasteiger partial charge is 0.460 e. The van der Waals surface area contributed by atoms with E-state index in [1.807, 2.05) is 103 Å². The summed E-state index contributed by atoms with van der Waals surface area (Å²) in [4.78, 5) is 40.5. The van der Waals surface area contributed by atoms with Gasteiger partial charge in [0.25, 0.3) is 0 Å². The summed E-state index contributed by atoms with van der Waals surface area (Å²) in [5, 5.41) is 8.05. The van der Waals surface area contributed by atoms with Crippen molar-refractivity contribution in [3.05, 3.63) is 179 Å². The van der Waals surface area contributed by atoms with Gasteiger partial charge in [-0.25, -0.2) is 9.59 Å². The van der Waals surface area contributed by atoms with Crippen molar-refractivity contribution in [2.75, 3.05) is 13.2 Å². The smallest absolute Gasteiger partial charge is 0.407 e. The second kappa shape index (κ2) is 15.6. The molecule has 0 aliphatic heterocycles. The van der Waals surface area contributed by atoms with Crippen molar-refractivity contribution in [1.29, 1.82) is 0 Å². The molecule has 6 aromatic carbocycles. The highest BCUT2D eigenvalue weighted by Gasteiger charge is 2.30. The Hall–Kier alpha value is -6.21. The van der Waals surface area contributed by atoms with E-state index >= 15 is 0 Å². The standard InChI is InChI=1S/C44H38N2O5/c47-42(45-35(26-30-13-3-1-4-14-30)28-50-43(48)33-16-5-2-6-17-33)41(27-31-23-24-32-15-7-8-18-34(32)25-31)46-44(49)51-29-40-38-21-11-9-19-36(38)37-20-10-12-22-39(37)40/h1-25,35,40-41H,26-29H2,(H,45,47)(H,46,49)/t35-,41+/m1/s1. The van der Waals surface area contributed by atoms with E-state index < -0.39 is 30.1 Å². The molecule has 0 saturated carbocycles. The van der Waals surface area contributed by atoms with Crippen LogP contribution in [0.5, 0.6) is 0 Å². The molecule has 254 valence electrons. The number of fused-ring (bicyclic) bond motifs is 4. The number of hydrogen-bond acceptors (Lipinski definition) is 5. The van der Waals surface area contributed by atoms with Gasteiger partial charge in [0.05, 0.1) is 11.6 Å². The zero-order valence-corrected chi connectivity index (χ0v) is 28.0. The van der Waals surface area contributed by atoms with Crippen LogP contribution in [0.25, 0.3) is 21.9 Å². The molecule has 1 aliphatic carbocycles. The first-order valence-electron chi connectivity index (χ1n) is 17.2. The number of benzene rings is 6. The first-order valence-corrected chi connectivity index (χ1v) is 17.2. The Morgan fingerprint density at radius 2 is 1.18 bits per heavy atom. The lowest BCUT2D eigenvalue weighted by Gasteiger charge is -2.24. The minimum absolute atomic E-state index is 0.0536. The summed E-state index contributed by atoms with van der Waals surface area (Å²) in [6.07, 6.45) is -0.0433. The molecule has 0 bridgehead atoms. The van der Waals surface area contributed by atoms with Crippen molar-refractivity contribution in [1.82, 2.24) is 10.6 Å². The number of carbonyl (C=O) groups excluding carboxylic acids is 3. The molecule has 0 radical (unpaired) electrons. The monoisotopic (exact) mass is 674 g/mol. The maximum absolute atomic E-state index is 14.1. The van der Waals surface area contributed by atoms with E-state index in [1.54, 1.807) is 24.3 Å². The lowest BCUT2D eigenvalue weighted by molar-refractivity contribution is -0.124. The van der Waals surface area contributed by atoms with Crippen LogP contribution in [0.2, 0.25) is 0 Å². The van der Waals surface area contributed by atoms with Crippen molar-refractivity contribution in [2.45, 2.75) is 30.8 Å². The molecule has 2 atom stereocenters. The fraction of sp³-hybridized carbons (Fsp3) is 0.159. The summed E-state index contributed by atoms with van der Waals surface area (Å²) in [5.41, 5.74) is 6.74. The number of nitrogens with one attached hydrogen (secondary N) is 2. The van der Waals surface area contributed by atoms with Crippen molar-refractivity contribution in [3.8, 4) is 11.1 Å². The van der Waals surface area contributed by atoms with E-state index in [0.29, 0.717) is 12.0 Å². The number of carbonyl (C=O) groups is 3. The average molecular weight is 675 g/mol. The quantitative estimate of drug-likeness (QED) is 0.129. The van der Waals surface area contributed by atoms with Crippen molar-refractivity contribution in [3.63, 3.8) is 0 Å². The van der Waals surface area contributed by atoms with Gasteiger partial charge in [-0.2, -0.15) is 0 Å². The van der Waals surface area contributed by atoms with Crippen molar-refractivity contribution < 1.29 is 23.9 Å². The van der Waals surface area contributed by atoms with Gasteiger partial charge in [0.1, 0.15) is 19.3 Å². The summed E-state index contributed by atoms with van der Waals surface area (Å²) >= 11 is 0. The van der Waals surface area contributed by atoms with Crippen molar-refractivity contribution >= 4 is 28.7 Å². The summed E-state index contributed by atoms with van der Waals surface area (Å²) < 4.78 is 11.5. The van der Waals surface area contributed by atoms with E-state index in [-0.39, 0.29) is 25.6 Å². The Bertz CT molecular complexity index is 2100. The average Bonchev–Trinajstić information content (AvgIpc) is 3.49. The molecule has 7 nitrogen and oxygen atoms in total. The molecule has 0 saturated heterocycles. The van der Waals surface area contributed by atoms with Gasteiger partial charge in [-0.3, -0.25) is 4.79 Å². The third kappa shape index (κ3) is 8.00. The van der Waals surface area contributed by atoms with Crippen LogP contribution in [0.4, 0.5) is 4.79 Å². The predicted molar refractivity (Wildman–Crippen MR) is 198 cm³/mol. The maximum Gasteiger partial charge on any atom is 0.407 e. The molecule has 7 rings (SSSR count). The van der Waals surface area contributed by atoms with Gasteiger partial charge >= 0.3 is 12.1 Å². The molecule has 1 aliphatic rings. The highest BCUT2D eigenvalue weighted by molar-refractivity contribution is 5.90. The van der Waals surface area contributed by atoms with Gasteiger partial charge in [0, 0.05) is 12.3 Å². The van der Waals surface area contributed by atoms with Crippen LogP contribution in [-0.4, -0.2) is 43.3 Å². The molecule has 2 amide bonds. The molecule has 7 heteroatoms. The fourth-order valence-electron chi connectivity index (χ4n) is 6.78. The highest BCUT2D eigenvalue weighted by atomic mass is 16.5. The highest BCUT2D eigenvalue weighted by Crippen LogP contribution is 2.44. The number of ether oxygens (including phenoxy) is 2. The summed E-state index contributed by atoms with van der Waals surface area (Å²) in [7, 11) is 0. The Labute approximate surface area is 297 Å². The molecule has 0 unspecified atom stereocenters. The van der Waals surface area contributed by atoms with Gasteiger partial charge < -0.3 is 20.1 Å². The lowest BCUT2D eigenvalue weighted by atomic mass is 9.98. The summed E-state index contributed by atoms with van der Waals surface area (Å²) in [6, 6.07) is 47.2. The van der Waals surface area contributed by atoms with E-state index in [9.17, 15) is 14.4 Å². The number of rotatable bonds is 12. The zero-order valence-electron chi connectivity index (χ0n) is 28.0. The second-order valence-electron chi connectivity index (χ2n) is 12.8. The van der Waals surface area contributed by atoms with Crippen LogP contribution in [0.3, 0.4) is 0 Å². The van der Waals surface area contributed by atoms with Crippen LogP contribution in [-0.2, 0) is 27.1 Å². The first kappa shape index (κ1) is 33.3. The molecule has 6 aromatic rings. The fourth-order valence-corrected chi connectivity index (χ4v) is 6.78. The minimum atomic E-state index is -0.968. The van der Waals surface area contributed by atoms with E-state index in [0.717, 1.165) is 44.2 Å². The normalized spacial score (nSPS) is 13.0. The molecular formula is C44H38N2O5. The Morgan fingerprint density at radius 3 is 1.88 bits per heavy atom. The summed E-state index contributed by atoms with van der Waals surface area (Å²) in [5.74, 6) is -1.01.